The smallest absolute Gasteiger partial charge is 0.182 e. The molecule has 0 amide bonds. The van der Waals surface area contributed by atoms with E-state index in [1.165, 1.54) is 0 Å². The van der Waals surface area contributed by atoms with E-state index in [4.69, 9.17) is 11.6 Å². The molecule has 0 N–H and O–H groups in total. The van der Waals surface area contributed by atoms with Crippen LogP contribution >= 0.6 is 11.6 Å². The third kappa shape index (κ3) is 2.31. The summed E-state index contributed by atoms with van der Waals surface area (Å²) < 4.78 is 1.81. The van der Waals surface area contributed by atoms with Gasteiger partial charge < -0.3 is 4.57 Å². The summed E-state index contributed by atoms with van der Waals surface area (Å²) in [4.78, 5) is 16.0. The van der Waals surface area contributed by atoms with E-state index < -0.39 is 0 Å². The molecule has 3 nitrogen and oxygen atoms in total. The molecule has 82 valence electrons. The van der Waals surface area contributed by atoms with Gasteiger partial charge in [-0.2, -0.15) is 0 Å². The van der Waals surface area contributed by atoms with E-state index in [0.29, 0.717) is 17.1 Å². The van der Waals surface area contributed by atoms with Crippen LogP contribution in [0, 0.1) is 6.92 Å². The molecule has 0 bridgehead atoms. The fraction of sp³-hybridized carbons (Fsp3) is 0.167. The van der Waals surface area contributed by atoms with E-state index in [2.05, 4.69) is 4.98 Å². The van der Waals surface area contributed by atoms with Crippen LogP contribution in [-0.4, -0.2) is 15.3 Å². The highest BCUT2D eigenvalue weighted by molar-refractivity contribution is 6.31. The van der Waals surface area contributed by atoms with E-state index in [1.54, 1.807) is 36.7 Å². The maximum Gasteiger partial charge on any atom is 0.182 e. The Morgan fingerprint density at radius 3 is 2.94 bits per heavy atom. The van der Waals surface area contributed by atoms with Gasteiger partial charge in [-0.15, -0.1) is 0 Å². The lowest BCUT2D eigenvalue weighted by Crippen LogP contribution is -2.10. The third-order valence-electron chi connectivity index (χ3n) is 2.38. The molecule has 0 saturated carbocycles. The molecule has 0 aliphatic heterocycles. The summed E-state index contributed by atoms with van der Waals surface area (Å²) in [6.45, 7) is 2.16. The molecule has 0 aliphatic carbocycles. The van der Waals surface area contributed by atoms with Crippen LogP contribution in [-0.2, 0) is 6.54 Å². The summed E-state index contributed by atoms with van der Waals surface area (Å²) in [5, 5.41) is 0.577. The topological polar surface area (TPSA) is 34.9 Å². The predicted octanol–water partition coefficient (Wildman–Crippen LogP) is 2.73. The van der Waals surface area contributed by atoms with Gasteiger partial charge in [0.2, 0.25) is 0 Å². The minimum Gasteiger partial charge on any atom is -0.327 e. The van der Waals surface area contributed by atoms with Crippen molar-refractivity contribution in [3.8, 4) is 0 Å². The number of benzene rings is 1. The SMILES string of the molecule is Cc1nccn1CC(=O)c1cccc(Cl)c1. The van der Waals surface area contributed by atoms with Crippen LogP contribution in [0.5, 0.6) is 0 Å². The highest BCUT2D eigenvalue weighted by Crippen LogP contribution is 2.12. The molecule has 0 aliphatic rings. The van der Waals surface area contributed by atoms with Gasteiger partial charge in [0.25, 0.3) is 0 Å². The molecular formula is C12H11ClN2O. The van der Waals surface area contributed by atoms with Gasteiger partial charge in [-0.3, -0.25) is 4.79 Å². The summed E-state index contributed by atoms with van der Waals surface area (Å²) in [6.07, 6.45) is 3.47. The number of Topliss-reactive ketones (excluding diaryl/α,β-unsaturated/α-hetero) is 1. The van der Waals surface area contributed by atoms with Gasteiger partial charge in [-0.25, -0.2) is 4.98 Å². The fourth-order valence-corrected chi connectivity index (χ4v) is 1.67. The quantitative estimate of drug-likeness (QED) is 0.766. The molecule has 2 aromatic rings. The number of ketones is 1. The molecule has 0 spiro atoms. The monoisotopic (exact) mass is 234 g/mol. The number of aryl methyl sites for hydroxylation is 1. The van der Waals surface area contributed by atoms with Crippen LogP contribution in [0.1, 0.15) is 16.2 Å². The molecule has 1 aromatic carbocycles. The van der Waals surface area contributed by atoms with E-state index in [-0.39, 0.29) is 5.78 Å². The van der Waals surface area contributed by atoms with Crippen molar-refractivity contribution in [2.75, 3.05) is 0 Å². The van der Waals surface area contributed by atoms with E-state index in [9.17, 15) is 4.79 Å². The molecular weight excluding hydrogens is 224 g/mol. The summed E-state index contributed by atoms with van der Waals surface area (Å²) >= 11 is 5.83. The average molecular weight is 235 g/mol. The lowest BCUT2D eigenvalue weighted by atomic mass is 10.1. The number of carbonyl (C=O) groups is 1. The Kier molecular flexibility index (Phi) is 3.06. The molecule has 2 rings (SSSR count). The molecule has 16 heavy (non-hydrogen) atoms. The number of nitrogens with zero attached hydrogens (tertiary/aromatic N) is 2. The Bertz CT molecular complexity index is 519. The number of hydrogen-bond donors (Lipinski definition) is 0. The van der Waals surface area contributed by atoms with Crippen LogP contribution in [0.15, 0.2) is 36.7 Å². The first-order valence-corrected chi connectivity index (χ1v) is 5.31. The molecule has 0 radical (unpaired) electrons. The van der Waals surface area contributed by atoms with Gasteiger partial charge in [0.15, 0.2) is 5.78 Å². The van der Waals surface area contributed by atoms with E-state index in [1.807, 2.05) is 11.5 Å². The Balaban J connectivity index is 2.18. The fourth-order valence-electron chi connectivity index (χ4n) is 1.48. The lowest BCUT2D eigenvalue weighted by Gasteiger charge is -2.04. The van der Waals surface area contributed by atoms with Crippen molar-refractivity contribution < 1.29 is 4.79 Å². The second kappa shape index (κ2) is 4.49. The molecule has 0 fully saturated rings. The molecule has 1 aromatic heterocycles. The van der Waals surface area contributed by atoms with Crippen molar-refractivity contribution in [3.63, 3.8) is 0 Å². The van der Waals surface area contributed by atoms with Gasteiger partial charge in [-0.1, -0.05) is 23.7 Å². The number of halogens is 1. The Hall–Kier alpha value is -1.61. The van der Waals surface area contributed by atoms with E-state index >= 15 is 0 Å². The summed E-state index contributed by atoms with van der Waals surface area (Å²) in [5.41, 5.74) is 0.626. The molecule has 0 saturated heterocycles. The number of aromatic nitrogens is 2. The zero-order chi connectivity index (χ0) is 11.5. The van der Waals surface area contributed by atoms with Crippen molar-refractivity contribution in [1.29, 1.82) is 0 Å². The van der Waals surface area contributed by atoms with Crippen LogP contribution < -0.4 is 0 Å². The zero-order valence-corrected chi connectivity index (χ0v) is 9.61. The maximum atomic E-state index is 11.9. The standard InChI is InChI=1S/C12H11ClN2O/c1-9-14-5-6-15(9)8-12(16)10-3-2-4-11(13)7-10/h2-7H,8H2,1H3. The Labute approximate surface area is 98.7 Å². The highest BCUT2D eigenvalue weighted by Gasteiger charge is 2.08. The van der Waals surface area contributed by atoms with E-state index in [0.717, 1.165) is 5.82 Å². The summed E-state index contributed by atoms with van der Waals surface area (Å²) in [5.74, 6) is 0.860. The van der Waals surface area contributed by atoms with Crippen molar-refractivity contribution in [2.45, 2.75) is 13.5 Å². The average Bonchev–Trinajstić information content (AvgIpc) is 2.64. The molecule has 0 atom stereocenters. The van der Waals surface area contributed by atoms with Crippen LogP contribution in [0.3, 0.4) is 0 Å². The largest absolute Gasteiger partial charge is 0.327 e. The summed E-state index contributed by atoms with van der Waals surface area (Å²) in [7, 11) is 0. The van der Waals surface area contributed by atoms with Gasteiger partial charge in [0.05, 0.1) is 6.54 Å². The van der Waals surface area contributed by atoms with Crippen molar-refractivity contribution in [3.05, 3.63) is 53.1 Å². The van der Waals surface area contributed by atoms with Gasteiger partial charge >= 0.3 is 0 Å². The predicted molar refractivity (Wildman–Crippen MR) is 62.7 cm³/mol. The third-order valence-corrected chi connectivity index (χ3v) is 2.62. The van der Waals surface area contributed by atoms with Gasteiger partial charge in [0, 0.05) is 23.0 Å². The van der Waals surface area contributed by atoms with Crippen molar-refractivity contribution in [2.24, 2.45) is 0 Å². The minimum atomic E-state index is 0.0311. The normalized spacial score (nSPS) is 10.4. The molecule has 1 heterocycles. The molecule has 0 unspecified atom stereocenters. The Morgan fingerprint density at radius 2 is 2.31 bits per heavy atom. The first-order chi connectivity index (χ1) is 7.66. The highest BCUT2D eigenvalue weighted by atomic mass is 35.5. The lowest BCUT2D eigenvalue weighted by molar-refractivity contribution is 0.0971. The Morgan fingerprint density at radius 1 is 1.50 bits per heavy atom. The second-order valence-corrected chi connectivity index (χ2v) is 3.97. The van der Waals surface area contributed by atoms with Crippen LogP contribution in [0.2, 0.25) is 5.02 Å². The van der Waals surface area contributed by atoms with Crippen LogP contribution in [0.25, 0.3) is 0 Å². The number of rotatable bonds is 3. The first-order valence-electron chi connectivity index (χ1n) is 4.93. The first kappa shape index (κ1) is 10.9. The second-order valence-electron chi connectivity index (χ2n) is 3.54. The van der Waals surface area contributed by atoms with Gasteiger partial charge in [0.1, 0.15) is 5.82 Å². The van der Waals surface area contributed by atoms with Crippen molar-refractivity contribution >= 4 is 17.4 Å². The number of carbonyl (C=O) groups excluding carboxylic acids is 1. The van der Waals surface area contributed by atoms with Crippen LogP contribution in [0.4, 0.5) is 0 Å². The summed E-state index contributed by atoms with van der Waals surface area (Å²) in [6, 6.07) is 6.97. The maximum absolute atomic E-state index is 11.9. The number of hydrogen-bond acceptors (Lipinski definition) is 2. The number of imidazole rings is 1. The zero-order valence-electron chi connectivity index (χ0n) is 8.85. The minimum absolute atomic E-state index is 0.0311. The van der Waals surface area contributed by atoms with Gasteiger partial charge in [-0.05, 0) is 19.1 Å². The molecule has 4 heteroatoms. The van der Waals surface area contributed by atoms with Crippen molar-refractivity contribution in [1.82, 2.24) is 9.55 Å².